The van der Waals surface area contributed by atoms with Crippen molar-refractivity contribution in [3.05, 3.63) is 108 Å². The Morgan fingerprint density at radius 1 is 0.970 bits per heavy atom. The van der Waals surface area contributed by atoms with Crippen molar-refractivity contribution in [3.8, 4) is 5.69 Å². The molecule has 7 nitrogen and oxygen atoms in total. The normalized spacial score (nSPS) is 11.2. The molecule has 4 aromatic rings. The van der Waals surface area contributed by atoms with Gasteiger partial charge >= 0.3 is 0 Å². The van der Waals surface area contributed by atoms with Crippen LogP contribution in [-0.2, 0) is 16.6 Å². The fraction of sp³-hybridized carbons (Fsp3) is 0.120. The molecule has 0 aliphatic rings. The Hall–Kier alpha value is -3.91. The second-order valence-electron chi connectivity index (χ2n) is 7.64. The summed E-state index contributed by atoms with van der Waals surface area (Å²) >= 11 is 0. The molecule has 0 atom stereocenters. The topological polar surface area (TPSA) is 93.1 Å². The molecule has 0 saturated carbocycles. The number of aromatic nitrogens is 2. The highest BCUT2D eigenvalue weighted by Gasteiger charge is 2.16. The van der Waals surface area contributed by atoms with Gasteiger partial charge in [-0.25, -0.2) is 13.4 Å². The Balaban J connectivity index is 1.40. The number of hydrogen-bond acceptors (Lipinski definition) is 4. The summed E-state index contributed by atoms with van der Waals surface area (Å²) in [6.45, 7) is 4.08. The first-order valence-corrected chi connectivity index (χ1v) is 11.9. The summed E-state index contributed by atoms with van der Waals surface area (Å²) < 4.78 is 29.7. The minimum absolute atomic E-state index is 0.181. The van der Waals surface area contributed by atoms with E-state index in [2.05, 4.69) is 15.0 Å². The minimum Gasteiger partial charge on any atom is -0.348 e. The van der Waals surface area contributed by atoms with E-state index in [9.17, 15) is 13.2 Å². The Morgan fingerprint density at radius 2 is 1.70 bits per heavy atom. The summed E-state index contributed by atoms with van der Waals surface area (Å²) in [4.78, 5) is 17.0. The standard InChI is InChI=1S/C25H24N4O3S/c1-18-16-21(10-13-24(18)28-33(31,32)23-6-4-3-5-7-23)25(30)27-17-20-8-11-22(12-9-20)29-15-14-26-19(29)2/h3-16,28H,17H2,1-2H3,(H,27,30). The van der Waals surface area contributed by atoms with Gasteiger partial charge in [-0.05, 0) is 67.4 Å². The van der Waals surface area contributed by atoms with Crippen LogP contribution in [0.25, 0.3) is 5.69 Å². The molecule has 0 aliphatic heterocycles. The van der Waals surface area contributed by atoms with Crippen LogP contribution in [-0.4, -0.2) is 23.9 Å². The number of amides is 1. The van der Waals surface area contributed by atoms with Gasteiger partial charge < -0.3 is 9.88 Å². The van der Waals surface area contributed by atoms with E-state index < -0.39 is 10.0 Å². The van der Waals surface area contributed by atoms with Crippen LogP contribution in [0.5, 0.6) is 0 Å². The molecule has 0 saturated heterocycles. The van der Waals surface area contributed by atoms with E-state index in [0.717, 1.165) is 17.1 Å². The monoisotopic (exact) mass is 460 g/mol. The Labute approximate surface area is 193 Å². The number of carbonyl (C=O) groups excluding carboxylic acids is 1. The molecule has 4 rings (SSSR count). The number of carbonyl (C=O) groups is 1. The smallest absolute Gasteiger partial charge is 0.261 e. The predicted molar refractivity (Wildman–Crippen MR) is 128 cm³/mol. The SMILES string of the molecule is Cc1cc(C(=O)NCc2ccc(-n3ccnc3C)cc2)ccc1NS(=O)(=O)c1ccccc1. The maximum absolute atomic E-state index is 12.6. The third-order valence-corrected chi connectivity index (χ3v) is 6.66. The summed E-state index contributed by atoms with van der Waals surface area (Å²) in [5.41, 5.74) is 3.52. The lowest BCUT2D eigenvalue weighted by Crippen LogP contribution is -2.23. The highest BCUT2D eigenvalue weighted by Crippen LogP contribution is 2.21. The van der Waals surface area contributed by atoms with Gasteiger partial charge in [0.25, 0.3) is 15.9 Å². The Morgan fingerprint density at radius 3 is 2.33 bits per heavy atom. The molecule has 0 radical (unpaired) electrons. The van der Waals surface area contributed by atoms with Gasteiger partial charge in [0.1, 0.15) is 5.82 Å². The first-order valence-electron chi connectivity index (χ1n) is 10.4. The Bertz CT molecular complexity index is 1380. The molecule has 33 heavy (non-hydrogen) atoms. The van der Waals surface area contributed by atoms with E-state index in [0.29, 0.717) is 23.4 Å². The maximum atomic E-state index is 12.6. The quantitative estimate of drug-likeness (QED) is 0.432. The molecule has 0 spiro atoms. The van der Waals surface area contributed by atoms with E-state index >= 15 is 0 Å². The maximum Gasteiger partial charge on any atom is 0.261 e. The highest BCUT2D eigenvalue weighted by atomic mass is 32.2. The molecule has 8 heteroatoms. The third kappa shape index (κ3) is 5.12. The summed E-state index contributed by atoms with van der Waals surface area (Å²) in [6, 6.07) is 20.9. The van der Waals surface area contributed by atoms with Gasteiger partial charge in [-0.15, -0.1) is 0 Å². The number of sulfonamides is 1. The first-order chi connectivity index (χ1) is 15.8. The van der Waals surface area contributed by atoms with Crippen LogP contribution >= 0.6 is 0 Å². The summed E-state index contributed by atoms with van der Waals surface area (Å²) in [5.74, 6) is 0.672. The second-order valence-corrected chi connectivity index (χ2v) is 9.32. The molecule has 0 bridgehead atoms. The number of rotatable bonds is 7. The van der Waals surface area contributed by atoms with E-state index in [4.69, 9.17) is 0 Å². The van der Waals surface area contributed by atoms with Gasteiger partial charge in [-0.3, -0.25) is 9.52 Å². The lowest BCUT2D eigenvalue weighted by Gasteiger charge is -2.12. The minimum atomic E-state index is -3.69. The van der Waals surface area contributed by atoms with Crippen LogP contribution in [0.15, 0.2) is 90.1 Å². The van der Waals surface area contributed by atoms with Gasteiger partial charge in [0.2, 0.25) is 0 Å². The molecule has 2 N–H and O–H groups in total. The number of hydrogen-bond donors (Lipinski definition) is 2. The van der Waals surface area contributed by atoms with Gasteiger partial charge in [-0.1, -0.05) is 30.3 Å². The lowest BCUT2D eigenvalue weighted by atomic mass is 10.1. The zero-order chi connectivity index (χ0) is 23.4. The Kier molecular flexibility index (Phi) is 6.28. The van der Waals surface area contributed by atoms with Crippen molar-refractivity contribution in [2.24, 2.45) is 0 Å². The van der Waals surface area contributed by atoms with Gasteiger partial charge in [0.05, 0.1) is 10.6 Å². The van der Waals surface area contributed by atoms with Crippen LogP contribution in [0, 0.1) is 13.8 Å². The fourth-order valence-electron chi connectivity index (χ4n) is 3.43. The first kappa shape index (κ1) is 22.3. The molecule has 0 unspecified atom stereocenters. The number of nitrogens with one attached hydrogen (secondary N) is 2. The molecular weight excluding hydrogens is 436 g/mol. The summed E-state index contributed by atoms with van der Waals surface area (Å²) in [5, 5.41) is 2.90. The average molecular weight is 461 g/mol. The fourth-order valence-corrected chi connectivity index (χ4v) is 4.58. The van der Waals surface area contributed by atoms with Crippen LogP contribution in [0.4, 0.5) is 5.69 Å². The zero-order valence-electron chi connectivity index (χ0n) is 18.3. The third-order valence-electron chi connectivity index (χ3n) is 5.28. The average Bonchev–Trinajstić information content (AvgIpc) is 3.25. The number of aryl methyl sites for hydroxylation is 2. The van der Waals surface area contributed by atoms with Crippen molar-refractivity contribution in [1.29, 1.82) is 0 Å². The number of nitrogens with zero attached hydrogens (tertiary/aromatic N) is 2. The van der Waals surface area contributed by atoms with E-state index in [1.54, 1.807) is 49.5 Å². The van der Waals surface area contributed by atoms with Gasteiger partial charge in [0.15, 0.2) is 0 Å². The molecule has 1 amide bonds. The molecule has 3 aromatic carbocycles. The van der Waals surface area contributed by atoms with E-state index in [-0.39, 0.29) is 10.8 Å². The molecule has 1 aromatic heterocycles. The van der Waals surface area contributed by atoms with Crippen LogP contribution in [0.3, 0.4) is 0 Å². The number of benzene rings is 3. The molecular formula is C25H24N4O3S. The predicted octanol–water partition coefficient (Wildman–Crippen LogP) is 4.22. The zero-order valence-corrected chi connectivity index (χ0v) is 19.1. The lowest BCUT2D eigenvalue weighted by molar-refractivity contribution is 0.0951. The van der Waals surface area contributed by atoms with Gasteiger partial charge in [0, 0.05) is 30.2 Å². The highest BCUT2D eigenvalue weighted by molar-refractivity contribution is 7.92. The van der Waals surface area contributed by atoms with Crippen LogP contribution in [0.1, 0.15) is 27.3 Å². The van der Waals surface area contributed by atoms with Crippen LogP contribution in [0.2, 0.25) is 0 Å². The van der Waals surface area contributed by atoms with Crippen molar-refractivity contribution in [2.45, 2.75) is 25.3 Å². The second kappa shape index (κ2) is 9.30. The van der Waals surface area contributed by atoms with Gasteiger partial charge in [-0.2, -0.15) is 0 Å². The number of imidazole rings is 1. The molecule has 1 heterocycles. The summed E-state index contributed by atoms with van der Waals surface area (Å²) in [6.07, 6.45) is 3.65. The van der Waals surface area contributed by atoms with Crippen molar-refractivity contribution in [3.63, 3.8) is 0 Å². The van der Waals surface area contributed by atoms with Crippen molar-refractivity contribution < 1.29 is 13.2 Å². The van der Waals surface area contributed by atoms with Crippen LogP contribution < -0.4 is 10.0 Å². The molecule has 0 fully saturated rings. The number of anilines is 1. The van der Waals surface area contributed by atoms with Crippen molar-refractivity contribution in [1.82, 2.24) is 14.9 Å². The van der Waals surface area contributed by atoms with Crippen molar-refractivity contribution in [2.75, 3.05) is 4.72 Å². The molecule has 0 aliphatic carbocycles. The molecule has 168 valence electrons. The van der Waals surface area contributed by atoms with E-state index in [1.165, 1.54) is 12.1 Å². The largest absolute Gasteiger partial charge is 0.348 e. The summed E-state index contributed by atoms with van der Waals surface area (Å²) in [7, 11) is -3.69. The van der Waals surface area contributed by atoms with Crippen molar-refractivity contribution >= 4 is 21.6 Å². The van der Waals surface area contributed by atoms with E-state index in [1.807, 2.05) is 42.0 Å².